The summed E-state index contributed by atoms with van der Waals surface area (Å²) in [5.41, 5.74) is 1.65. The highest BCUT2D eigenvalue weighted by atomic mass is 35.5. The van der Waals surface area contributed by atoms with Crippen LogP contribution in [0.5, 0.6) is 0 Å². The minimum atomic E-state index is -1.06. The minimum Gasteiger partial charge on any atom is -0.325 e. The molecule has 0 spiro atoms. The van der Waals surface area contributed by atoms with Gasteiger partial charge in [0.15, 0.2) is 0 Å². The minimum absolute atomic E-state index is 0.182. The second kappa shape index (κ2) is 9.28. The van der Waals surface area contributed by atoms with E-state index in [2.05, 4.69) is 5.32 Å². The second-order valence-electron chi connectivity index (χ2n) is 4.90. The first-order valence-electron chi connectivity index (χ1n) is 7.26. The van der Waals surface area contributed by atoms with Gasteiger partial charge in [-0.2, -0.15) is 0 Å². The number of hydrogen-bond donors (Lipinski definition) is 1. The van der Waals surface area contributed by atoms with Crippen LogP contribution in [-0.2, 0) is 15.6 Å². The molecule has 1 N–H and O–H groups in total. The third-order valence-corrected chi connectivity index (χ3v) is 4.65. The van der Waals surface area contributed by atoms with E-state index in [0.29, 0.717) is 22.2 Å². The zero-order chi connectivity index (χ0) is 16.5. The Labute approximate surface area is 143 Å². The smallest absolute Gasteiger partial charge is 0.225 e. The third kappa shape index (κ3) is 6.38. The Hall–Kier alpha value is -1.91. The molecule has 2 aromatic carbocycles. The van der Waals surface area contributed by atoms with Crippen molar-refractivity contribution in [3.63, 3.8) is 0 Å². The molecule has 0 aliphatic rings. The molecule has 1 amide bonds. The van der Waals surface area contributed by atoms with Crippen LogP contribution in [0.4, 0.5) is 5.69 Å². The van der Waals surface area contributed by atoms with E-state index in [4.69, 9.17) is 11.6 Å². The molecule has 1 atom stereocenters. The fourth-order valence-electron chi connectivity index (χ4n) is 1.92. The molecule has 5 heteroatoms. The van der Waals surface area contributed by atoms with Crippen molar-refractivity contribution in [1.29, 1.82) is 0 Å². The number of amides is 1. The average Bonchev–Trinajstić information content (AvgIpc) is 2.56. The van der Waals surface area contributed by atoms with E-state index < -0.39 is 10.8 Å². The van der Waals surface area contributed by atoms with Crippen molar-refractivity contribution in [2.75, 3.05) is 16.8 Å². The lowest BCUT2D eigenvalue weighted by Crippen LogP contribution is -2.15. The van der Waals surface area contributed by atoms with E-state index in [9.17, 15) is 9.00 Å². The molecule has 2 aromatic rings. The number of nitrogens with one attached hydrogen (secondary N) is 1. The molecule has 3 nitrogen and oxygen atoms in total. The molecule has 0 fully saturated rings. The summed E-state index contributed by atoms with van der Waals surface area (Å²) in [5.74, 6) is 0.586. The Balaban J connectivity index is 1.73. The Kier molecular flexibility index (Phi) is 7.04. The van der Waals surface area contributed by atoms with Gasteiger partial charge >= 0.3 is 0 Å². The van der Waals surface area contributed by atoms with Gasteiger partial charge in [0, 0.05) is 28.7 Å². The van der Waals surface area contributed by atoms with Crippen LogP contribution in [0.15, 0.2) is 60.7 Å². The zero-order valence-electron chi connectivity index (χ0n) is 12.6. The molecule has 120 valence electrons. The number of para-hydroxylation sites is 1. The molecule has 0 aromatic heterocycles. The topological polar surface area (TPSA) is 46.2 Å². The normalized spacial score (nSPS) is 12.2. The number of anilines is 1. The van der Waals surface area contributed by atoms with Gasteiger partial charge in [-0.05, 0) is 17.7 Å². The summed E-state index contributed by atoms with van der Waals surface area (Å²) >= 11 is 5.97. The standard InChI is InChI=1S/C18H18ClNO2S/c19-16-10-4-5-11-17(16)20-18(21)12-14-23(22)13-6-9-15-7-2-1-3-8-15/h1-11H,12-14H2,(H,20,21). The van der Waals surface area contributed by atoms with Crippen molar-refractivity contribution in [3.8, 4) is 0 Å². The zero-order valence-corrected chi connectivity index (χ0v) is 14.1. The number of carbonyl (C=O) groups is 1. The molecule has 0 saturated heterocycles. The fraction of sp³-hybridized carbons (Fsp3) is 0.167. The Morgan fingerprint density at radius 2 is 1.78 bits per heavy atom. The largest absolute Gasteiger partial charge is 0.325 e. The van der Waals surface area contributed by atoms with Gasteiger partial charge in [0.2, 0.25) is 5.91 Å². The van der Waals surface area contributed by atoms with Gasteiger partial charge in [0.1, 0.15) is 0 Å². The van der Waals surface area contributed by atoms with Crippen LogP contribution in [-0.4, -0.2) is 21.6 Å². The van der Waals surface area contributed by atoms with Gasteiger partial charge in [-0.3, -0.25) is 9.00 Å². The van der Waals surface area contributed by atoms with Gasteiger partial charge in [-0.25, -0.2) is 0 Å². The number of rotatable bonds is 7. The molecule has 0 aliphatic heterocycles. The van der Waals surface area contributed by atoms with Gasteiger partial charge in [0.25, 0.3) is 0 Å². The molecule has 0 aliphatic carbocycles. The van der Waals surface area contributed by atoms with Crippen LogP contribution < -0.4 is 5.32 Å². The lowest BCUT2D eigenvalue weighted by Gasteiger charge is -2.06. The van der Waals surface area contributed by atoms with Gasteiger partial charge in [-0.1, -0.05) is 66.2 Å². The SMILES string of the molecule is O=C(CCS(=O)CC=Cc1ccccc1)Nc1ccccc1Cl. The van der Waals surface area contributed by atoms with Crippen molar-refractivity contribution in [3.05, 3.63) is 71.3 Å². The molecular formula is C18H18ClNO2S. The molecule has 2 rings (SSSR count). The highest BCUT2D eigenvalue weighted by molar-refractivity contribution is 7.85. The maximum atomic E-state index is 11.9. The van der Waals surface area contributed by atoms with Crippen LogP contribution in [0.1, 0.15) is 12.0 Å². The molecule has 0 bridgehead atoms. The quantitative estimate of drug-likeness (QED) is 0.818. The van der Waals surface area contributed by atoms with Crippen LogP contribution in [0.25, 0.3) is 6.08 Å². The Morgan fingerprint density at radius 1 is 1.09 bits per heavy atom. The summed E-state index contributed by atoms with van der Waals surface area (Å²) in [5, 5.41) is 3.22. The number of benzene rings is 2. The van der Waals surface area contributed by atoms with E-state index >= 15 is 0 Å². The van der Waals surface area contributed by atoms with Crippen molar-refractivity contribution >= 4 is 40.1 Å². The highest BCUT2D eigenvalue weighted by Crippen LogP contribution is 2.20. The van der Waals surface area contributed by atoms with E-state index in [1.54, 1.807) is 24.3 Å². The van der Waals surface area contributed by atoms with Crippen molar-refractivity contribution in [1.82, 2.24) is 0 Å². The number of carbonyl (C=O) groups excluding carboxylic acids is 1. The summed E-state index contributed by atoms with van der Waals surface area (Å²) in [4.78, 5) is 11.8. The average molecular weight is 348 g/mol. The molecule has 1 unspecified atom stereocenters. The second-order valence-corrected chi connectivity index (χ2v) is 6.93. The van der Waals surface area contributed by atoms with Crippen LogP contribution in [0, 0.1) is 0 Å². The van der Waals surface area contributed by atoms with Gasteiger partial charge < -0.3 is 5.32 Å². The first-order valence-corrected chi connectivity index (χ1v) is 9.12. The summed E-state index contributed by atoms with van der Waals surface area (Å²) < 4.78 is 11.9. The van der Waals surface area contributed by atoms with E-state index in [0.717, 1.165) is 5.56 Å². The fourth-order valence-corrected chi connectivity index (χ4v) is 2.99. The van der Waals surface area contributed by atoms with Crippen molar-refractivity contribution in [2.45, 2.75) is 6.42 Å². The molecular weight excluding hydrogens is 330 g/mol. The number of hydrogen-bond acceptors (Lipinski definition) is 2. The van der Waals surface area contributed by atoms with Crippen molar-refractivity contribution < 1.29 is 9.00 Å². The van der Waals surface area contributed by atoms with Crippen molar-refractivity contribution in [2.24, 2.45) is 0 Å². The lowest BCUT2D eigenvalue weighted by molar-refractivity contribution is -0.115. The molecule has 23 heavy (non-hydrogen) atoms. The summed E-state index contributed by atoms with van der Waals surface area (Å²) in [7, 11) is -1.06. The maximum Gasteiger partial charge on any atom is 0.225 e. The molecule has 0 radical (unpaired) electrons. The predicted octanol–water partition coefficient (Wildman–Crippen LogP) is 4.13. The van der Waals surface area contributed by atoms with Gasteiger partial charge in [0.05, 0.1) is 10.7 Å². The molecule has 0 saturated carbocycles. The van der Waals surface area contributed by atoms with E-state index in [1.165, 1.54) is 0 Å². The Bertz CT molecular complexity index is 701. The van der Waals surface area contributed by atoms with E-state index in [-0.39, 0.29) is 12.3 Å². The molecule has 0 heterocycles. The maximum absolute atomic E-state index is 11.9. The number of halogens is 1. The van der Waals surface area contributed by atoms with Crippen LogP contribution in [0.3, 0.4) is 0 Å². The third-order valence-electron chi connectivity index (χ3n) is 3.10. The van der Waals surface area contributed by atoms with E-state index in [1.807, 2.05) is 42.5 Å². The summed E-state index contributed by atoms with van der Waals surface area (Å²) in [6, 6.07) is 16.9. The Morgan fingerprint density at radius 3 is 2.52 bits per heavy atom. The first-order chi connectivity index (χ1) is 11.1. The summed E-state index contributed by atoms with van der Waals surface area (Å²) in [6.45, 7) is 0. The monoisotopic (exact) mass is 347 g/mol. The highest BCUT2D eigenvalue weighted by Gasteiger charge is 2.07. The van der Waals surface area contributed by atoms with Crippen LogP contribution >= 0.6 is 11.6 Å². The van der Waals surface area contributed by atoms with Crippen LogP contribution in [0.2, 0.25) is 5.02 Å². The predicted molar refractivity (Wildman–Crippen MR) is 98.1 cm³/mol. The first kappa shape index (κ1) is 17.4. The van der Waals surface area contributed by atoms with Gasteiger partial charge in [-0.15, -0.1) is 0 Å². The lowest BCUT2D eigenvalue weighted by atomic mass is 10.2. The summed E-state index contributed by atoms with van der Waals surface area (Å²) in [6.07, 6.45) is 4.01.